The molecule has 1 aromatic carbocycles. The number of nitrogens with two attached hydrogens (primary N) is 1. The number of rotatable bonds is 8. The molecule has 1 aliphatic rings. The molecule has 3 rings (SSSR count). The summed E-state index contributed by atoms with van der Waals surface area (Å²) in [5.41, 5.74) is 4.68. The van der Waals surface area contributed by atoms with E-state index in [-0.39, 0.29) is 18.2 Å². The van der Waals surface area contributed by atoms with Crippen molar-refractivity contribution >= 4 is 40.9 Å². The van der Waals surface area contributed by atoms with Crippen LogP contribution in [0.4, 0.5) is 5.82 Å². The van der Waals surface area contributed by atoms with Gasteiger partial charge in [0.15, 0.2) is 5.54 Å². The Morgan fingerprint density at radius 2 is 1.94 bits per heavy atom. The second-order valence-electron chi connectivity index (χ2n) is 7.38. The van der Waals surface area contributed by atoms with E-state index >= 15 is 0 Å². The fraction of sp³-hybridized carbons (Fsp3) is 0.286. The summed E-state index contributed by atoms with van der Waals surface area (Å²) in [6, 6.07) is 9.69. The third-order valence-electron chi connectivity index (χ3n) is 4.92. The Morgan fingerprint density at radius 1 is 1.19 bits per heavy atom. The zero-order valence-corrected chi connectivity index (χ0v) is 18.4. The molecule has 3 amide bonds. The van der Waals surface area contributed by atoms with Crippen molar-refractivity contribution in [2.24, 2.45) is 10.7 Å². The summed E-state index contributed by atoms with van der Waals surface area (Å²) in [5.74, 6) is -1.47. The molecule has 2 heterocycles. The molecule has 0 saturated heterocycles. The summed E-state index contributed by atoms with van der Waals surface area (Å²) in [4.78, 5) is 47.9. The average molecular weight is 458 g/mol. The minimum absolute atomic E-state index is 0.0293. The molecule has 10 nitrogen and oxygen atoms in total. The van der Waals surface area contributed by atoms with Crippen molar-refractivity contribution in [3.05, 3.63) is 58.7 Å². The number of nitrogens with one attached hydrogen (secondary N) is 3. The van der Waals surface area contributed by atoms with Gasteiger partial charge in [-0.25, -0.2) is 4.98 Å². The summed E-state index contributed by atoms with van der Waals surface area (Å²) in [6.07, 6.45) is 1.37. The third-order valence-corrected chi connectivity index (χ3v) is 5.25. The predicted molar refractivity (Wildman–Crippen MR) is 122 cm³/mol. The highest BCUT2D eigenvalue weighted by Gasteiger charge is 2.49. The molecule has 0 spiro atoms. The summed E-state index contributed by atoms with van der Waals surface area (Å²) < 4.78 is 0. The Hall–Kier alpha value is -3.34. The van der Waals surface area contributed by atoms with Gasteiger partial charge in [0.2, 0.25) is 5.91 Å². The van der Waals surface area contributed by atoms with Gasteiger partial charge in [-0.1, -0.05) is 29.8 Å². The van der Waals surface area contributed by atoms with E-state index in [9.17, 15) is 14.4 Å². The van der Waals surface area contributed by atoms with E-state index in [0.717, 1.165) is 0 Å². The van der Waals surface area contributed by atoms with Gasteiger partial charge in [0.25, 0.3) is 11.8 Å². The number of likely N-dealkylation sites (N-methyl/N-ethyl adjacent to an activating group) is 1. The molecular formula is C21H24ClN7O3. The molecule has 0 aliphatic carbocycles. The summed E-state index contributed by atoms with van der Waals surface area (Å²) >= 11 is 6.05. The summed E-state index contributed by atoms with van der Waals surface area (Å²) in [5, 5.41) is 8.62. The number of carbonyl (C=O) groups excluding carboxylic acids is 3. The van der Waals surface area contributed by atoms with Crippen molar-refractivity contribution in [3.63, 3.8) is 0 Å². The first-order valence-corrected chi connectivity index (χ1v) is 10.2. The Morgan fingerprint density at radius 3 is 2.56 bits per heavy atom. The lowest BCUT2D eigenvalue weighted by atomic mass is 9.85. The van der Waals surface area contributed by atoms with Gasteiger partial charge in [-0.05, 0) is 32.3 Å². The van der Waals surface area contributed by atoms with Crippen LogP contribution in [0.5, 0.6) is 0 Å². The number of amides is 3. The Bertz CT molecular complexity index is 1060. The van der Waals surface area contributed by atoms with Crippen LogP contribution in [0.15, 0.2) is 47.6 Å². The molecule has 5 N–H and O–H groups in total. The summed E-state index contributed by atoms with van der Waals surface area (Å²) in [7, 11) is 3.76. The first-order chi connectivity index (χ1) is 15.3. The molecular weight excluding hydrogens is 434 g/mol. The number of carbonyl (C=O) groups is 3. The molecule has 11 heteroatoms. The number of anilines is 1. The van der Waals surface area contributed by atoms with E-state index in [4.69, 9.17) is 17.3 Å². The molecule has 168 valence electrons. The van der Waals surface area contributed by atoms with Gasteiger partial charge in [-0.3, -0.25) is 24.7 Å². The molecule has 2 aromatic rings. The topological polar surface area (TPSA) is 142 Å². The maximum atomic E-state index is 12.7. The standard InChI is InChI=1S/C21H24ClN7O3/c1-29(2)10-9-24-19(31)17-21(20(23)32,27-12-26-17)13-7-8-16(25-11-13)28-18(30)14-5-3-4-6-15(14)22/h3-8,11,27H,9-10,12H2,1-2H3,(H2,23,32)(H,24,31)(H,25,28,30). The Labute approximate surface area is 190 Å². The lowest BCUT2D eigenvalue weighted by Crippen LogP contribution is -2.58. The van der Waals surface area contributed by atoms with Gasteiger partial charge in [-0.2, -0.15) is 0 Å². The number of aromatic nitrogens is 1. The van der Waals surface area contributed by atoms with E-state index in [1.54, 1.807) is 30.3 Å². The number of nitrogens with zero attached hydrogens (tertiary/aromatic N) is 3. The quantitative estimate of drug-likeness (QED) is 0.450. The zero-order valence-electron chi connectivity index (χ0n) is 17.7. The van der Waals surface area contributed by atoms with Crippen molar-refractivity contribution < 1.29 is 14.4 Å². The molecule has 1 atom stereocenters. The van der Waals surface area contributed by atoms with Crippen molar-refractivity contribution in [1.29, 1.82) is 0 Å². The number of pyridine rings is 1. The van der Waals surface area contributed by atoms with Gasteiger partial charge < -0.3 is 21.3 Å². The molecule has 1 aromatic heterocycles. The van der Waals surface area contributed by atoms with Crippen LogP contribution in [0.3, 0.4) is 0 Å². The number of benzene rings is 1. The van der Waals surface area contributed by atoms with Crippen LogP contribution in [0.2, 0.25) is 5.02 Å². The van der Waals surface area contributed by atoms with E-state index in [2.05, 4.69) is 25.9 Å². The second kappa shape index (κ2) is 9.86. The van der Waals surface area contributed by atoms with Gasteiger partial charge >= 0.3 is 0 Å². The fourth-order valence-electron chi connectivity index (χ4n) is 3.26. The zero-order chi connectivity index (χ0) is 23.3. The average Bonchev–Trinajstić information content (AvgIpc) is 3.20. The van der Waals surface area contributed by atoms with E-state index in [1.165, 1.54) is 12.3 Å². The molecule has 0 fully saturated rings. The third kappa shape index (κ3) is 4.77. The molecule has 0 radical (unpaired) electrons. The van der Waals surface area contributed by atoms with Crippen LogP contribution in [0.25, 0.3) is 0 Å². The lowest BCUT2D eigenvalue weighted by molar-refractivity contribution is -0.123. The first-order valence-electron chi connectivity index (χ1n) is 9.81. The molecule has 32 heavy (non-hydrogen) atoms. The van der Waals surface area contributed by atoms with Crippen LogP contribution in [0.1, 0.15) is 15.9 Å². The highest BCUT2D eigenvalue weighted by Crippen LogP contribution is 2.27. The predicted octanol–water partition coefficient (Wildman–Crippen LogP) is 0.347. The minimum atomic E-state index is -1.62. The Kier molecular flexibility index (Phi) is 7.18. The second-order valence-corrected chi connectivity index (χ2v) is 7.79. The number of aliphatic imine (C=N–C) groups is 1. The van der Waals surface area contributed by atoms with Crippen LogP contribution in [0, 0.1) is 0 Å². The maximum absolute atomic E-state index is 12.7. The molecule has 1 aliphatic heterocycles. The van der Waals surface area contributed by atoms with Crippen LogP contribution in [-0.2, 0) is 15.1 Å². The van der Waals surface area contributed by atoms with Crippen molar-refractivity contribution in [2.45, 2.75) is 5.54 Å². The van der Waals surface area contributed by atoms with Gasteiger partial charge in [0.05, 0.1) is 17.3 Å². The Balaban J connectivity index is 1.80. The van der Waals surface area contributed by atoms with Crippen LogP contribution < -0.4 is 21.7 Å². The molecule has 0 saturated carbocycles. The van der Waals surface area contributed by atoms with Crippen molar-refractivity contribution in [3.8, 4) is 0 Å². The van der Waals surface area contributed by atoms with Gasteiger partial charge in [0, 0.05) is 24.8 Å². The van der Waals surface area contributed by atoms with E-state index in [1.807, 2.05) is 19.0 Å². The molecule has 0 bridgehead atoms. The monoisotopic (exact) mass is 457 g/mol. The smallest absolute Gasteiger partial charge is 0.268 e. The normalized spacial score (nSPS) is 17.7. The van der Waals surface area contributed by atoms with Crippen molar-refractivity contribution in [1.82, 2.24) is 20.5 Å². The fourth-order valence-corrected chi connectivity index (χ4v) is 3.48. The van der Waals surface area contributed by atoms with Gasteiger partial charge in [-0.15, -0.1) is 0 Å². The minimum Gasteiger partial charge on any atom is -0.367 e. The largest absolute Gasteiger partial charge is 0.367 e. The first kappa shape index (κ1) is 23.3. The van der Waals surface area contributed by atoms with E-state index in [0.29, 0.717) is 29.2 Å². The number of halogens is 1. The van der Waals surface area contributed by atoms with Crippen LogP contribution in [-0.4, -0.2) is 67.2 Å². The maximum Gasteiger partial charge on any atom is 0.268 e. The van der Waals surface area contributed by atoms with E-state index < -0.39 is 23.3 Å². The van der Waals surface area contributed by atoms with Crippen molar-refractivity contribution in [2.75, 3.05) is 39.2 Å². The lowest BCUT2D eigenvalue weighted by Gasteiger charge is -2.27. The molecule has 1 unspecified atom stereocenters. The highest BCUT2D eigenvalue weighted by atomic mass is 35.5. The summed E-state index contributed by atoms with van der Waals surface area (Å²) in [6.45, 7) is 1.05. The SMILES string of the molecule is CN(C)CCNC(=O)C1=NCNC1(C(N)=O)c1ccc(NC(=O)c2ccccc2Cl)nc1. The number of hydrogen-bond donors (Lipinski definition) is 4. The van der Waals surface area contributed by atoms with Gasteiger partial charge in [0.1, 0.15) is 11.5 Å². The number of hydrogen-bond acceptors (Lipinski definition) is 7. The highest BCUT2D eigenvalue weighted by molar-refractivity contribution is 6.47. The van der Waals surface area contributed by atoms with Crippen LogP contribution >= 0.6 is 11.6 Å². The number of primary amides is 1.